The fraction of sp³-hybridized carbons (Fsp3) is 0.421. The number of carbonyl (C=O) groups excluding carboxylic acids is 1. The molecule has 7 heteroatoms. The number of morpholine rings is 1. The molecule has 140 valence electrons. The van der Waals surface area contributed by atoms with Crippen molar-refractivity contribution in [3.63, 3.8) is 0 Å². The van der Waals surface area contributed by atoms with E-state index in [0.717, 1.165) is 55.2 Å². The van der Waals surface area contributed by atoms with Crippen LogP contribution in [0.1, 0.15) is 12.2 Å². The summed E-state index contributed by atoms with van der Waals surface area (Å²) < 4.78 is 11.8. The topological polar surface area (TPSA) is 58.0 Å². The number of urea groups is 1. The Morgan fingerprint density at radius 3 is 2.65 bits per heavy atom. The highest BCUT2D eigenvalue weighted by Crippen LogP contribution is 2.15. The average molecular weight is 422 g/mol. The molecule has 1 N–H and O–H groups in total. The van der Waals surface area contributed by atoms with Crippen LogP contribution in [0.25, 0.3) is 0 Å². The summed E-state index contributed by atoms with van der Waals surface area (Å²) in [7, 11) is 0. The number of nitrogens with one attached hydrogen (secondary N) is 1. The molecule has 0 aliphatic carbocycles. The maximum Gasteiger partial charge on any atom is 0.322 e. The van der Waals surface area contributed by atoms with Gasteiger partial charge >= 0.3 is 6.03 Å². The third-order valence-corrected chi connectivity index (χ3v) is 4.84. The molecule has 0 saturated carbocycles. The van der Waals surface area contributed by atoms with Gasteiger partial charge in [-0.05, 0) is 42.8 Å². The second-order valence-electron chi connectivity index (χ2n) is 6.25. The van der Waals surface area contributed by atoms with Gasteiger partial charge in [0, 0.05) is 36.3 Å². The van der Waals surface area contributed by atoms with Crippen molar-refractivity contribution in [2.75, 3.05) is 44.7 Å². The fourth-order valence-electron chi connectivity index (χ4n) is 2.89. The molecule has 2 heterocycles. The van der Waals surface area contributed by atoms with Gasteiger partial charge in [-0.2, -0.15) is 0 Å². The third kappa shape index (κ3) is 5.86. The van der Waals surface area contributed by atoms with Crippen LogP contribution in [-0.4, -0.2) is 55.2 Å². The van der Waals surface area contributed by atoms with Gasteiger partial charge in [0.2, 0.25) is 0 Å². The zero-order valence-electron chi connectivity index (χ0n) is 14.7. The van der Waals surface area contributed by atoms with E-state index >= 15 is 0 Å². The predicted octanol–water partition coefficient (Wildman–Crippen LogP) is 3.80. The van der Waals surface area contributed by atoms with E-state index in [4.69, 9.17) is 9.15 Å². The summed E-state index contributed by atoms with van der Waals surface area (Å²) in [5, 5.41) is 2.96. The van der Waals surface area contributed by atoms with Gasteiger partial charge in [-0.3, -0.25) is 4.90 Å². The lowest BCUT2D eigenvalue weighted by molar-refractivity contribution is 0.0364. The Bertz CT molecular complexity index is 670. The molecule has 0 atom stereocenters. The van der Waals surface area contributed by atoms with Crippen molar-refractivity contribution >= 4 is 27.6 Å². The number of ether oxygens (including phenoxy) is 1. The molecule has 1 saturated heterocycles. The van der Waals surface area contributed by atoms with Gasteiger partial charge in [0.1, 0.15) is 5.76 Å². The second-order valence-corrected chi connectivity index (χ2v) is 7.16. The summed E-state index contributed by atoms with van der Waals surface area (Å²) in [6, 6.07) is 11.2. The van der Waals surface area contributed by atoms with E-state index in [0.29, 0.717) is 13.1 Å². The highest BCUT2D eigenvalue weighted by molar-refractivity contribution is 9.10. The van der Waals surface area contributed by atoms with Crippen LogP contribution in [0.5, 0.6) is 0 Å². The lowest BCUT2D eigenvalue weighted by Gasteiger charge is -2.28. The number of hydrogen-bond acceptors (Lipinski definition) is 4. The molecule has 26 heavy (non-hydrogen) atoms. The van der Waals surface area contributed by atoms with Crippen LogP contribution in [0, 0.1) is 0 Å². The Labute approximate surface area is 162 Å². The van der Waals surface area contributed by atoms with Crippen LogP contribution in [0.4, 0.5) is 10.5 Å². The minimum absolute atomic E-state index is 0.120. The fourth-order valence-corrected chi connectivity index (χ4v) is 3.15. The van der Waals surface area contributed by atoms with Gasteiger partial charge in [-0.1, -0.05) is 15.9 Å². The normalized spacial score (nSPS) is 15.0. The first-order valence-corrected chi connectivity index (χ1v) is 9.64. The average Bonchev–Trinajstić information content (AvgIpc) is 3.17. The summed E-state index contributed by atoms with van der Waals surface area (Å²) >= 11 is 3.40. The van der Waals surface area contributed by atoms with Crippen molar-refractivity contribution in [3.8, 4) is 0 Å². The molecule has 1 fully saturated rings. The maximum atomic E-state index is 12.7. The molecule has 1 aliphatic heterocycles. The molecule has 6 nitrogen and oxygen atoms in total. The summed E-state index contributed by atoms with van der Waals surface area (Å²) in [5.41, 5.74) is 0.774. The van der Waals surface area contributed by atoms with Crippen LogP contribution < -0.4 is 5.32 Å². The largest absolute Gasteiger partial charge is 0.467 e. The molecule has 1 aliphatic rings. The van der Waals surface area contributed by atoms with Gasteiger partial charge in [-0.25, -0.2) is 4.79 Å². The monoisotopic (exact) mass is 421 g/mol. The Hall–Kier alpha value is -1.83. The maximum absolute atomic E-state index is 12.7. The molecule has 3 rings (SSSR count). The summed E-state index contributed by atoms with van der Waals surface area (Å²) in [4.78, 5) is 16.9. The van der Waals surface area contributed by atoms with Gasteiger partial charge in [0.05, 0.1) is 26.0 Å². The number of rotatable bonds is 7. The van der Waals surface area contributed by atoms with Crippen LogP contribution in [-0.2, 0) is 11.3 Å². The quantitative estimate of drug-likeness (QED) is 0.738. The van der Waals surface area contributed by atoms with Crippen molar-refractivity contribution in [1.29, 1.82) is 0 Å². The highest BCUT2D eigenvalue weighted by atomic mass is 79.9. The molecule has 1 aromatic carbocycles. The van der Waals surface area contributed by atoms with E-state index in [-0.39, 0.29) is 6.03 Å². The van der Waals surface area contributed by atoms with E-state index < -0.39 is 0 Å². The first-order chi connectivity index (χ1) is 12.7. The lowest BCUT2D eigenvalue weighted by atomic mass is 10.3. The van der Waals surface area contributed by atoms with Crippen LogP contribution >= 0.6 is 15.9 Å². The number of halogens is 1. The van der Waals surface area contributed by atoms with Crippen molar-refractivity contribution in [2.45, 2.75) is 13.0 Å². The highest BCUT2D eigenvalue weighted by Gasteiger charge is 2.17. The van der Waals surface area contributed by atoms with E-state index in [1.807, 2.05) is 36.4 Å². The Kier molecular flexibility index (Phi) is 7.11. The number of carbonyl (C=O) groups is 1. The Morgan fingerprint density at radius 2 is 1.96 bits per heavy atom. The van der Waals surface area contributed by atoms with Crippen molar-refractivity contribution in [3.05, 3.63) is 52.9 Å². The molecule has 0 spiro atoms. The molecule has 0 radical (unpaired) electrons. The SMILES string of the molecule is O=C(Nc1ccc(Br)cc1)N(CCCN1CCOCC1)Cc1ccco1. The van der Waals surface area contributed by atoms with E-state index in [1.165, 1.54) is 0 Å². The molecule has 2 amide bonds. The zero-order chi connectivity index (χ0) is 18.2. The first kappa shape index (κ1) is 18.9. The number of benzene rings is 1. The Morgan fingerprint density at radius 1 is 1.19 bits per heavy atom. The van der Waals surface area contributed by atoms with Crippen LogP contribution in [0.3, 0.4) is 0 Å². The van der Waals surface area contributed by atoms with Crippen LogP contribution in [0.2, 0.25) is 0 Å². The van der Waals surface area contributed by atoms with Gasteiger partial charge < -0.3 is 19.4 Å². The summed E-state index contributed by atoms with van der Waals surface area (Å²) in [6.45, 7) is 5.59. The number of anilines is 1. The summed E-state index contributed by atoms with van der Waals surface area (Å²) in [5.74, 6) is 0.780. The molecule has 0 unspecified atom stereocenters. The molecular formula is C19H24BrN3O3. The number of furan rings is 1. The van der Waals surface area contributed by atoms with Crippen molar-refractivity contribution in [1.82, 2.24) is 9.80 Å². The van der Waals surface area contributed by atoms with Crippen molar-refractivity contribution < 1.29 is 13.9 Å². The standard InChI is InChI=1S/C19H24BrN3O3/c20-16-4-6-17(7-5-16)21-19(24)23(15-18-3-1-12-26-18)9-2-8-22-10-13-25-14-11-22/h1,3-7,12H,2,8-11,13-15H2,(H,21,24). The zero-order valence-corrected chi connectivity index (χ0v) is 16.3. The second kappa shape index (κ2) is 9.75. The first-order valence-electron chi connectivity index (χ1n) is 8.85. The van der Waals surface area contributed by atoms with E-state index in [2.05, 4.69) is 26.1 Å². The molecule has 1 aromatic heterocycles. The van der Waals surface area contributed by atoms with E-state index in [1.54, 1.807) is 11.2 Å². The minimum atomic E-state index is -0.120. The molecular weight excluding hydrogens is 398 g/mol. The van der Waals surface area contributed by atoms with Gasteiger partial charge in [0.15, 0.2) is 0 Å². The molecule has 2 aromatic rings. The number of hydrogen-bond donors (Lipinski definition) is 1. The predicted molar refractivity (Wildman–Crippen MR) is 104 cm³/mol. The minimum Gasteiger partial charge on any atom is -0.467 e. The summed E-state index contributed by atoms with van der Waals surface area (Å²) in [6.07, 6.45) is 2.54. The lowest BCUT2D eigenvalue weighted by Crippen LogP contribution is -2.40. The Balaban J connectivity index is 1.56. The third-order valence-electron chi connectivity index (χ3n) is 4.32. The number of amides is 2. The number of nitrogens with zero attached hydrogens (tertiary/aromatic N) is 2. The smallest absolute Gasteiger partial charge is 0.322 e. The van der Waals surface area contributed by atoms with E-state index in [9.17, 15) is 4.79 Å². The van der Waals surface area contributed by atoms with Gasteiger partial charge in [0.25, 0.3) is 0 Å². The van der Waals surface area contributed by atoms with Gasteiger partial charge in [-0.15, -0.1) is 0 Å². The molecule has 0 bridgehead atoms. The van der Waals surface area contributed by atoms with Crippen molar-refractivity contribution in [2.24, 2.45) is 0 Å². The van der Waals surface area contributed by atoms with Crippen LogP contribution in [0.15, 0.2) is 51.6 Å².